The van der Waals surface area contributed by atoms with E-state index in [0.717, 1.165) is 12.1 Å². The minimum atomic E-state index is -4.77. The van der Waals surface area contributed by atoms with Gasteiger partial charge in [-0.15, -0.1) is 0 Å². The number of halogens is 7. The van der Waals surface area contributed by atoms with E-state index in [1.165, 1.54) is 19.2 Å². The lowest BCUT2D eigenvalue weighted by Gasteiger charge is -2.22. The number of anilines is 1. The second-order valence-electron chi connectivity index (χ2n) is 5.88. The Labute approximate surface area is 186 Å². The third-order valence-electron chi connectivity index (χ3n) is 4.14. The van der Waals surface area contributed by atoms with Crippen LogP contribution in [0.3, 0.4) is 0 Å². The first-order chi connectivity index (χ1) is 14.2. The zero-order valence-corrected chi connectivity index (χ0v) is 17.4. The van der Waals surface area contributed by atoms with Gasteiger partial charge in [-0.3, -0.25) is 9.59 Å². The number of carbonyl (C=O) groups excluding carboxylic acids is 2. The molecular formula is C18H10Cl3F4NO5. The van der Waals surface area contributed by atoms with E-state index < -0.39 is 45.4 Å². The van der Waals surface area contributed by atoms with Gasteiger partial charge in [-0.1, -0.05) is 17.7 Å². The zero-order chi connectivity index (χ0) is 23.7. The Morgan fingerprint density at radius 3 is 2.16 bits per heavy atom. The molecule has 1 atom stereocenters. The van der Waals surface area contributed by atoms with Crippen LogP contribution >= 0.6 is 34.8 Å². The summed E-state index contributed by atoms with van der Waals surface area (Å²) in [7, 11) is 1.22. The van der Waals surface area contributed by atoms with Gasteiger partial charge in [0.25, 0.3) is 5.91 Å². The summed E-state index contributed by atoms with van der Waals surface area (Å²) in [6.45, 7) is 0. The quantitative estimate of drug-likeness (QED) is 0.301. The van der Waals surface area contributed by atoms with Gasteiger partial charge < -0.3 is 9.84 Å². The highest BCUT2D eigenvalue weighted by Gasteiger charge is 2.57. The van der Waals surface area contributed by atoms with E-state index >= 15 is 4.39 Å². The molecule has 0 bridgehead atoms. The van der Waals surface area contributed by atoms with Crippen molar-refractivity contribution in [1.82, 2.24) is 0 Å². The summed E-state index contributed by atoms with van der Waals surface area (Å²) in [4.78, 5) is 33.3. The van der Waals surface area contributed by atoms with E-state index in [0.29, 0.717) is 12.1 Å². The second kappa shape index (κ2) is 8.89. The minimum Gasteiger partial charge on any atom is -0.496 e. The monoisotopic (exact) mass is 501 g/mol. The van der Waals surface area contributed by atoms with Crippen molar-refractivity contribution >= 4 is 57.2 Å². The highest BCUT2D eigenvalue weighted by molar-refractivity contribution is 6.69. The highest BCUT2D eigenvalue weighted by Crippen LogP contribution is 2.51. The van der Waals surface area contributed by atoms with Crippen molar-refractivity contribution in [3.8, 4) is 5.75 Å². The number of rotatable bonds is 2. The smallest absolute Gasteiger partial charge is 0.416 e. The summed E-state index contributed by atoms with van der Waals surface area (Å²) in [5.74, 6) is -1.54. The topological polar surface area (TPSA) is 83.9 Å². The van der Waals surface area contributed by atoms with Crippen molar-refractivity contribution in [2.75, 3.05) is 12.0 Å². The number of hydrogen-bond acceptors (Lipinski definition) is 4. The average molecular weight is 503 g/mol. The predicted molar refractivity (Wildman–Crippen MR) is 104 cm³/mol. The first-order valence-corrected chi connectivity index (χ1v) is 9.05. The Morgan fingerprint density at radius 1 is 1.10 bits per heavy atom. The second-order valence-corrected chi connectivity index (χ2v) is 6.96. The third kappa shape index (κ3) is 4.70. The van der Waals surface area contributed by atoms with Crippen LogP contribution in [0, 0.1) is 0 Å². The van der Waals surface area contributed by atoms with Crippen LogP contribution in [0.4, 0.5) is 32.8 Å². The predicted octanol–water partition coefficient (Wildman–Crippen LogP) is 6.19. The summed E-state index contributed by atoms with van der Waals surface area (Å²) in [5.41, 5.74) is -6.97. The number of ether oxygens (including phenoxy) is 1. The molecule has 2 aromatic carbocycles. The first kappa shape index (κ1) is 24.7. The lowest BCUT2D eigenvalue weighted by Crippen LogP contribution is -2.39. The van der Waals surface area contributed by atoms with Crippen molar-refractivity contribution in [3.63, 3.8) is 0 Å². The van der Waals surface area contributed by atoms with E-state index in [1.54, 1.807) is 0 Å². The SMILES string of the molecule is COc1ccc(Cl)cc1[C@]1(F)C(=O)N(C(=O)Cl)c2cc(C(F)(F)F)ccc21.O=C(O)Cl. The first-order valence-electron chi connectivity index (χ1n) is 7.92. The number of carbonyl (C=O) groups is 3. The van der Waals surface area contributed by atoms with E-state index in [4.69, 9.17) is 37.8 Å². The van der Waals surface area contributed by atoms with Crippen molar-refractivity contribution < 1.29 is 41.8 Å². The molecule has 0 saturated carbocycles. The minimum absolute atomic E-state index is 0.0553. The molecule has 1 aliphatic heterocycles. The zero-order valence-electron chi connectivity index (χ0n) is 15.1. The molecule has 1 heterocycles. The van der Waals surface area contributed by atoms with Gasteiger partial charge in [0.2, 0.25) is 5.67 Å². The standard InChI is InChI=1S/C17H9Cl2F4NO3.CHClO2/c1-27-13-5-3-9(18)7-11(13)16(20)10-4-2-8(17(21,22)23)6-12(10)24(14(16)25)15(19)26;2-1(3)4/h2-7H,1H3;(H,3,4)/t16-;/m0./s1. The Balaban J connectivity index is 0.000000785. The van der Waals surface area contributed by atoms with Gasteiger partial charge in [0.05, 0.1) is 18.4 Å². The number of amides is 2. The Bertz CT molecular complexity index is 1060. The molecule has 3 rings (SSSR count). The number of alkyl halides is 4. The fraction of sp³-hybridized carbons (Fsp3) is 0.167. The Morgan fingerprint density at radius 2 is 1.68 bits per heavy atom. The molecule has 6 nitrogen and oxygen atoms in total. The highest BCUT2D eigenvalue weighted by atomic mass is 35.5. The van der Waals surface area contributed by atoms with Gasteiger partial charge in [-0.25, -0.2) is 14.1 Å². The summed E-state index contributed by atoms with van der Waals surface area (Å²) < 4.78 is 60.2. The molecule has 0 spiro atoms. The van der Waals surface area contributed by atoms with Crippen LogP contribution in [0.25, 0.3) is 0 Å². The van der Waals surface area contributed by atoms with Gasteiger partial charge >= 0.3 is 17.0 Å². The molecule has 2 aromatic rings. The number of benzene rings is 2. The van der Waals surface area contributed by atoms with Gasteiger partial charge in [0.1, 0.15) is 5.75 Å². The van der Waals surface area contributed by atoms with Crippen LogP contribution in [-0.4, -0.2) is 28.9 Å². The fourth-order valence-corrected chi connectivity index (χ4v) is 3.29. The van der Waals surface area contributed by atoms with Gasteiger partial charge in [0.15, 0.2) is 0 Å². The fourth-order valence-electron chi connectivity index (χ4n) is 2.95. The number of fused-ring (bicyclic) bond motifs is 1. The van der Waals surface area contributed by atoms with E-state index in [9.17, 15) is 22.8 Å². The van der Waals surface area contributed by atoms with Gasteiger partial charge in [-0.05, 0) is 41.9 Å². The summed E-state index contributed by atoms with van der Waals surface area (Å²) in [6, 6.07) is 5.66. The van der Waals surface area contributed by atoms with Crippen molar-refractivity contribution in [2.45, 2.75) is 11.8 Å². The largest absolute Gasteiger partial charge is 0.496 e. The number of carboxylic acid groups (broad SMARTS) is 1. The van der Waals surface area contributed by atoms with Crippen molar-refractivity contribution in [2.24, 2.45) is 0 Å². The summed E-state index contributed by atoms with van der Waals surface area (Å²) >= 11 is 15.4. The molecule has 0 aromatic heterocycles. The van der Waals surface area contributed by atoms with E-state index in [1.807, 2.05) is 0 Å². The third-order valence-corrected chi connectivity index (χ3v) is 4.55. The van der Waals surface area contributed by atoms with Crippen LogP contribution in [0.15, 0.2) is 36.4 Å². The maximum Gasteiger partial charge on any atom is 0.416 e. The maximum absolute atomic E-state index is 16.1. The number of imide groups is 1. The van der Waals surface area contributed by atoms with E-state index in [2.05, 4.69) is 11.6 Å². The van der Waals surface area contributed by atoms with Gasteiger partial charge in [-0.2, -0.15) is 13.2 Å². The summed E-state index contributed by atoms with van der Waals surface area (Å²) in [6.07, 6.45) is -4.77. The molecule has 31 heavy (non-hydrogen) atoms. The van der Waals surface area contributed by atoms with Crippen LogP contribution in [-0.2, 0) is 16.6 Å². The molecular weight excluding hydrogens is 493 g/mol. The van der Waals surface area contributed by atoms with Crippen molar-refractivity contribution in [3.05, 3.63) is 58.1 Å². The molecule has 166 valence electrons. The normalized spacial score (nSPS) is 17.5. The number of hydrogen-bond donors (Lipinski definition) is 1. The molecule has 0 radical (unpaired) electrons. The Kier molecular flexibility index (Phi) is 7.09. The number of methoxy groups -OCH3 is 1. The molecule has 1 aliphatic rings. The molecule has 13 heteroatoms. The van der Waals surface area contributed by atoms with Crippen LogP contribution in [0.1, 0.15) is 16.7 Å². The molecule has 0 saturated heterocycles. The summed E-state index contributed by atoms with van der Waals surface area (Å²) in [5, 5.41) is 5.79. The maximum atomic E-state index is 16.1. The van der Waals surface area contributed by atoms with Crippen molar-refractivity contribution in [1.29, 1.82) is 0 Å². The van der Waals surface area contributed by atoms with Gasteiger partial charge in [0, 0.05) is 27.8 Å². The number of nitrogens with zero attached hydrogens (tertiary/aromatic N) is 1. The lowest BCUT2D eigenvalue weighted by atomic mass is 9.88. The van der Waals surface area contributed by atoms with Crippen LogP contribution < -0.4 is 9.64 Å². The Hall–Kier alpha value is -2.56. The van der Waals surface area contributed by atoms with Crippen LogP contribution in [0.5, 0.6) is 5.75 Å². The molecule has 1 N–H and O–H groups in total. The average Bonchev–Trinajstić information content (AvgIpc) is 2.88. The molecule has 0 aliphatic carbocycles. The molecule has 0 unspecified atom stereocenters. The van der Waals surface area contributed by atoms with Crippen LogP contribution in [0.2, 0.25) is 5.02 Å². The van der Waals surface area contributed by atoms with E-state index in [-0.39, 0.29) is 21.2 Å². The molecule has 2 amide bonds. The molecule has 0 fully saturated rings. The lowest BCUT2D eigenvalue weighted by molar-refractivity contribution is -0.137.